The van der Waals surface area contributed by atoms with Crippen molar-refractivity contribution >= 4 is 0 Å². The molecule has 4 aliphatic carbocycles. The Hall–Kier alpha value is -5.08. The molecule has 10 rings (SSSR count). The Labute approximate surface area is 231 Å². The highest BCUT2D eigenvalue weighted by atomic mass is 16.3. The molecule has 4 aliphatic rings. The maximum Gasteiger partial charge on any atom is 0.115 e. The Balaban J connectivity index is 1.42. The SMILES string of the molecule is Oc1ccc2c(c1)C1(c3cc(O)ccc3-2)c2cccc3c2-c2c(cccc21)C31c2ccccc2-c2ccccc21. The van der Waals surface area contributed by atoms with Crippen LogP contribution in [0.4, 0.5) is 0 Å². The molecule has 0 saturated heterocycles. The van der Waals surface area contributed by atoms with E-state index >= 15 is 0 Å². The predicted octanol–water partition coefficient (Wildman–Crippen LogP) is 8.12. The number of benzene rings is 6. The molecule has 0 fully saturated rings. The van der Waals surface area contributed by atoms with E-state index in [9.17, 15) is 10.2 Å². The zero-order valence-electron chi connectivity index (χ0n) is 21.4. The normalized spacial score (nSPS) is 16.1. The van der Waals surface area contributed by atoms with Crippen molar-refractivity contribution in [3.8, 4) is 44.9 Å². The van der Waals surface area contributed by atoms with Gasteiger partial charge in [0.25, 0.3) is 0 Å². The molecule has 2 heteroatoms. The molecule has 2 N–H and O–H groups in total. The molecule has 0 unspecified atom stereocenters. The number of phenolic OH excluding ortho intramolecular Hbond substituents is 2. The van der Waals surface area contributed by atoms with Crippen molar-refractivity contribution in [2.75, 3.05) is 0 Å². The molecule has 0 aromatic heterocycles. The van der Waals surface area contributed by atoms with Gasteiger partial charge in [-0.1, -0.05) is 97.1 Å². The van der Waals surface area contributed by atoms with E-state index in [0.717, 1.165) is 22.3 Å². The van der Waals surface area contributed by atoms with Crippen LogP contribution in [-0.2, 0) is 10.8 Å². The van der Waals surface area contributed by atoms with Crippen LogP contribution in [0.25, 0.3) is 33.4 Å². The fourth-order valence-corrected chi connectivity index (χ4v) is 8.88. The summed E-state index contributed by atoms with van der Waals surface area (Å²) in [6, 6.07) is 42.8. The Morgan fingerprint density at radius 3 is 1.12 bits per heavy atom. The van der Waals surface area contributed by atoms with E-state index < -0.39 is 5.41 Å². The minimum atomic E-state index is -0.613. The lowest BCUT2D eigenvalue weighted by Crippen LogP contribution is -2.30. The van der Waals surface area contributed by atoms with Crippen LogP contribution in [0.1, 0.15) is 44.5 Å². The van der Waals surface area contributed by atoms with Crippen molar-refractivity contribution in [1.29, 1.82) is 0 Å². The minimum absolute atomic E-state index is 0.254. The summed E-state index contributed by atoms with van der Waals surface area (Å²) in [4.78, 5) is 0. The average molecular weight is 511 g/mol. The van der Waals surface area contributed by atoms with E-state index in [2.05, 4.69) is 84.9 Å². The summed E-state index contributed by atoms with van der Waals surface area (Å²) in [6.45, 7) is 0. The van der Waals surface area contributed by atoms with Crippen LogP contribution in [0.15, 0.2) is 121 Å². The quantitative estimate of drug-likeness (QED) is 0.216. The monoisotopic (exact) mass is 510 g/mol. The van der Waals surface area contributed by atoms with Crippen molar-refractivity contribution < 1.29 is 10.2 Å². The summed E-state index contributed by atoms with van der Waals surface area (Å²) < 4.78 is 0. The van der Waals surface area contributed by atoms with Crippen LogP contribution in [0.3, 0.4) is 0 Å². The van der Waals surface area contributed by atoms with E-state index in [1.54, 1.807) is 12.1 Å². The highest BCUT2D eigenvalue weighted by Crippen LogP contribution is 2.71. The lowest BCUT2D eigenvalue weighted by Gasteiger charge is -2.35. The largest absolute Gasteiger partial charge is 0.508 e. The highest BCUT2D eigenvalue weighted by Gasteiger charge is 2.60. The first-order valence-corrected chi connectivity index (χ1v) is 13.8. The maximum absolute atomic E-state index is 10.8. The number of fused-ring (bicyclic) bond motifs is 14. The second-order valence-electron chi connectivity index (χ2n) is 11.5. The number of phenols is 2. The molecule has 2 nitrogen and oxygen atoms in total. The summed E-state index contributed by atoms with van der Waals surface area (Å²) in [6.07, 6.45) is 0. The van der Waals surface area contributed by atoms with Crippen LogP contribution in [-0.4, -0.2) is 10.2 Å². The maximum atomic E-state index is 10.8. The Morgan fingerprint density at radius 2 is 0.675 bits per heavy atom. The third-order valence-corrected chi connectivity index (χ3v) is 10.1. The molecule has 2 spiro atoms. The van der Waals surface area contributed by atoms with E-state index in [1.165, 1.54) is 55.6 Å². The van der Waals surface area contributed by atoms with Gasteiger partial charge in [0, 0.05) is 0 Å². The molecule has 0 atom stereocenters. The molecular weight excluding hydrogens is 488 g/mol. The van der Waals surface area contributed by atoms with Gasteiger partial charge in [-0.3, -0.25) is 0 Å². The summed E-state index contributed by atoms with van der Waals surface area (Å²) in [7, 11) is 0. The van der Waals surface area contributed by atoms with Gasteiger partial charge in [0.1, 0.15) is 11.5 Å². The van der Waals surface area contributed by atoms with E-state index in [0.29, 0.717) is 0 Å². The lowest BCUT2D eigenvalue weighted by atomic mass is 9.65. The highest BCUT2D eigenvalue weighted by molar-refractivity contribution is 6.04. The fourth-order valence-electron chi connectivity index (χ4n) is 8.88. The smallest absolute Gasteiger partial charge is 0.115 e. The predicted molar refractivity (Wildman–Crippen MR) is 157 cm³/mol. The van der Waals surface area contributed by atoms with Gasteiger partial charge < -0.3 is 10.2 Å². The first-order chi connectivity index (χ1) is 19.7. The van der Waals surface area contributed by atoms with Crippen LogP contribution in [0.5, 0.6) is 11.5 Å². The summed E-state index contributed by atoms with van der Waals surface area (Å²) in [5, 5.41) is 21.5. The van der Waals surface area contributed by atoms with Crippen LogP contribution in [0.2, 0.25) is 0 Å². The van der Waals surface area contributed by atoms with Crippen LogP contribution in [0, 0.1) is 0 Å². The Morgan fingerprint density at radius 1 is 0.325 bits per heavy atom. The van der Waals surface area contributed by atoms with Crippen molar-refractivity contribution in [3.63, 3.8) is 0 Å². The molecule has 186 valence electrons. The Kier molecular flexibility index (Phi) is 3.41. The molecule has 6 aromatic carbocycles. The minimum Gasteiger partial charge on any atom is -0.508 e. The van der Waals surface area contributed by atoms with Gasteiger partial charge in [-0.25, -0.2) is 0 Å². The van der Waals surface area contributed by atoms with E-state index in [-0.39, 0.29) is 16.9 Å². The zero-order chi connectivity index (χ0) is 26.4. The molecule has 0 saturated carbocycles. The van der Waals surface area contributed by atoms with Crippen molar-refractivity contribution in [2.45, 2.75) is 10.8 Å². The standard InChI is InChI=1S/C38H22O2/c39-21-15-17-25-26-18-16-22(40)20-34(26)38(33(25)19-21)31-13-5-11-29-35(31)36-30(12-6-14-32(36)38)37(29)27-9-3-1-7-23(27)24-8-2-4-10-28(24)37/h1-20,39-40H. The average Bonchev–Trinajstić information content (AvgIpc) is 3.66. The molecular formula is C38H22O2. The number of aromatic hydroxyl groups is 2. The second kappa shape index (κ2) is 6.55. The van der Waals surface area contributed by atoms with Gasteiger partial charge in [-0.2, -0.15) is 0 Å². The van der Waals surface area contributed by atoms with Crippen molar-refractivity contribution in [2.24, 2.45) is 0 Å². The number of hydrogen-bond donors (Lipinski definition) is 2. The van der Waals surface area contributed by atoms with Gasteiger partial charge in [-0.15, -0.1) is 0 Å². The van der Waals surface area contributed by atoms with E-state index in [1.807, 2.05) is 24.3 Å². The lowest BCUT2D eigenvalue weighted by molar-refractivity contribution is 0.473. The molecule has 0 aliphatic heterocycles. The molecule has 0 bridgehead atoms. The van der Waals surface area contributed by atoms with Crippen molar-refractivity contribution in [1.82, 2.24) is 0 Å². The first-order valence-electron chi connectivity index (χ1n) is 13.8. The van der Waals surface area contributed by atoms with Gasteiger partial charge in [0.2, 0.25) is 0 Å². The van der Waals surface area contributed by atoms with Crippen LogP contribution >= 0.6 is 0 Å². The molecule has 0 amide bonds. The van der Waals surface area contributed by atoms with Gasteiger partial charge in [0.05, 0.1) is 10.8 Å². The third kappa shape index (κ3) is 1.96. The van der Waals surface area contributed by atoms with Crippen LogP contribution < -0.4 is 0 Å². The van der Waals surface area contributed by atoms with Crippen molar-refractivity contribution in [3.05, 3.63) is 166 Å². The Bertz CT molecular complexity index is 2000. The topological polar surface area (TPSA) is 40.5 Å². The molecule has 40 heavy (non-hydrogen) atoms. The summed E-state index contributed by atoms with van der Waals surface area (Å²) in [5.74, 6) is 0.509. The molecule has 6 aromatic rings. The molecule has 0 radical (unpaired) electrons. The van der Waals surface area contributed by atoms with Gasteiger partial charge in [-0.05, 0) is 102 Å². The van der Waals surface area contributed by atoms with Gasteiger partial charge in [0.15, 0.2) is 0 Å². The number of rotatable bonds is 0. The number of hydrogen-bond acceptors (Lipinski definition) is 2. The van der Waals surface area contributed by atoms with Gasteiger partial charge >= 0.3 is 0 Å². The first kappa shape index (κ1) is 20.8. The molecule has 0 heterocycles. The summed E-state index contributed by atoms with van der Waals surface area (Å²) in [5.41, 5.74) is 16.3. The van der Waals surface area contributed by atoms with E-state index in [4.69, 9.17) is 0 Å². The third-order valence-electron chi connectivity index (χ3n) is 10.1. The fraction of sp³-hybridized carbons (Fsp3) is 0.0526. The zero-order valence-corrected chi connectivity index (χ0v) is 21.4. The second-order valence-corrected chi connectivity index (χ2v) is 11.5. The summed E-state index contributed by atoms with van der Waals surface area (Å²) >= 11 is 0.